The maximum absolute atomic E-state index is 11.9. The molecule has 23 heavy (non-hydrogen) atoms. The molecule has 6 heteroatoms. The van der Waals surface area contributed by atoms with E-state index < -0.39 is 6.04 Å². The molecule has 1 aromatic carbocycles. The van der Waals surface area contributed by atoms with E-state index in [9.17, 15) is 4.79 Å². The predicted octanol–water partition coefficient (Wildman–Crippen LogP) is 1.80. The Morgan fingerprint density at radius 3 is 2.91 bits per heavy atom. The van der Waals surface area contributed by atoms with Gasteiger partial charge in [-0.05, 0) is 43.5 Å². The second kappa shape index (κ2) is 6.93. The van der Waals surface area contributed by atoms with Gasteiger partial charge in [-0.15, -0.1) is 0 Å². The fourth-order valence-electron chi connectivity index (χ4n) is 2.86. The monoisotopic (exact) mass is 314 g/mol. The summed E-state index contributed by atoms with van der Waals surface area (Å²) >= 11 is 0. The molecule has 0 saturated carbocycles. The number of rotatable bonds is 5. The summed E-state index contributed by atoms with van der Waals surface area (Å²) in [5.41, 5.74) is 8.78. The number of methoxy groups -OCH3 is 1. The number of aromatic nitrogens is 2. The fraction of sp³-hybridized carbons (Fsp3) is 0.412. The predicted molar refractivity (Wildman–Crippen MR) is 89.1 cm³/mol. The van der Waals surface area contributed by atoms with E-state index in [1.807, 2.05) is 30.5 Å². The standard InChI is InChI=1S/C17H22N4O2/c1-23-11-15(18)17(22)20-13-7-5-12(6-8-13)16-19-10-14-4-2-3-9-21(14)16/h5-8,10,15H,2-4,9,11,18H2,1H3,(H,20,22). The summed E-state index contributed by atoms with van der Waals surface area (Å²) in [5.74, 6) is 0.742. The zero-order chi connectivity index (χ0) is 16.2. The van der Waals surface area contributed by atoms with E-state index in [1.165, 1.54) is 25.6 Å². The first-order valence-corrected chi connectivity index (χ1v) is 7.89. The number of amides is 1. The Kier molecular flexibility index (Phi) is 4.73. The third kappa shape index (κ3) is 3.43. The van der Waals surface area contributed by atoms with Crippen molar-refractivity contribution in [3.8, 4) is 11.4 Å². The number of nitrogens with zero attached hydrogens (tertiary/aromatic N) is 2. The second-order valence-corrected chi connectivity index (χ2v) is 5.81. The van der Waals surface area contributed by atoms with Crippen LogP contribution in [-0.4, -0.2) is 35.2 Å². The van der Waals surface area contributed by atoms with E-state index in [0.717, 1.165) is 30.0 Å². The largest absolute Gasteiger partial charge is 0.383 e. The van der Waals surface area contributed by atoms with Crippen molar-refractivity contribution in [3.63, 3.8) is 0 Å². The molecule has 3 rings (SSSR count). The van der Waals surface area contributed by atoms with Crippen molar-refractivity contribution in [2.75, 3.05) is 19.0 Å². The van der Waals surface area contributed by atoms with Crippen LogP contribution in [-0.2, 0) is 22.5 Å². The van der Waals surface area contributed by atoms with Crippen molar-refractivity contribution in [1.29, 1.82) is 0 Å². The summed E-state index contributed by atoms with van der Waals surface area (Å²) in [6.45, 7) is 1.22. The van der Waals surface area contributed by atoms with Gasteiger partial charge in [0.1, 0.15) is 11.9 Å². The molecule has 1 aliphatic heterocycles. The van der Waals surface area contributed by atoms with Crippen LogP contribution in [0.5, 0.6) is 0 Å². The molecule has 1 aromatic heterocycles. The normalized spacial score (nSPS) is 15.0. The van der Waals surface area contributed by atoms with Crippen molar-refractivity contribution < 1.29 is 9.53 Å². The van der Waals surface area contributed by atoms with Crippen molar-refractivity contribution in [1.82, 2.24) is 9.55 Å². The van der Waals surface area contributed by atoms with Crippen LogP contribution in [0, 0.1) is 0 Å². The number of carbonyl (C=O) groups excluding carboxylic acids is 1. The number of nitrogens with one attached hydrogen (secondary N) is 1. The molecule has 0 aliphatic carbocycles. The minimum absolute atomic E-state index is 0.199. The SMILES string of the molecule is COCC(N)C(=O)Nc1ccc(-c2ncc3n2CCCC3)cc1. The van der Waals surface area contributed by atoms with E-state index >= 15 is 0 Å². The molecular formula is C17H22N4O2. The number of nitrogens with two attached hydrogens (primary N) is 1. The lowest BCUT2D eigenvalue weighted by Gasteiger charge is -2.16. The van der Waals surface area contributed by atoms with Gasteiger partial charge < -0.3 is 20.4 Å². The van der Waals surface area contributed by atoms with E-state index in [1.54, 1.807) is 0 Å². The Hall–Kier alpha value is -2.18. The number of hydrogen-bond donors (Lipinski definition) is 2. The molecule has 0 saturated heterocycles. The molecular weight excluding hydrogens is 292 g/mol. The highest BCUT2D eigenvalue weighted by Gasteiger charge is 2.16. The van der Waals surface area contributed by atoms with Gasteiger partial charge in [-0.2, -0.15) is 0 Å². The first-order chi connectivity index (χ1) is 11.2. The highest BCUT2D eigenvalue weighted by atomic mass is 16.5. The van der Waals surface area contributed by atoms with Gasteiger partial charge in [0.05, 0.1) is 6.61 Å². The van der Waals surface area contributed by atoms with E-state index in [2.05, 4.69) is 14.9 Å². The van der Waals surface area contributed by atoms with Crippen LogP contribution in [0.25, 0.3) is 11.4 Å². The molecule has 6 nitrogen and oxygen atoms in total. The second-order valence-electron chi connectivity index (χ2n) is 5.81. The molecule has 0 fully saturated rings. The van der Waals surface area contributed by atoms with Gasteiger partial charge in [-0.3, -0.25) is 4.79 Å². The summed E-state index contributed by atoms with van der Waals surface area (Å²) in [6.07, 6.45) is 5.49. The minimum Gasteiger partial charge on any atom is -0.383 e. The fourth-order valence-corrected chi connectivity index (χ4v) is 2.86. The smallest absolute Gasteiger partial charge is 0.243 e. The first-order valence-electron chi connectivity index (χ1n) is 7.89. The van der Waals surface area contributed by atoms with Gasteiger partial charge in [0.25, 0.3) is 0 Å². The Balaban J connectivity index is 1.72. The van der Waals surface area contributed by atoms with Crippen LogP contribution in [0.4, 0.5) is 5.69 Å². The van der Waals surface area contributed by atoms with E-state index in [-0.39, 0.29) is 12.5 Å². The Morgan fingerprint density at radius 2 is 2.17 bits per heavy atom. The molecule has 3 N–H and O–H groups in total. The van der Waals surface area contributed by atoms with Gasteiger partial charge in [0.2, 0.25) is 5.91 Å². The van der Waals surface area contributed by atoms with Crippen LogP contribution in [0.2, 0.25) is 0 Å². The topological polar surface area (TPSA) is 82.2 Å². The molecule has 0 bridgehead atoms. The van der Waals surface area contributed by atoms with Crippen LogP contribution < -0.4 is 11.1 Å². The number of fused-ring (bicyclic) bond motifs is 1. The lowest BCUT2D eigenvalue weighted by molar-refractivity contribution is -0.118. The number of ether oxygens (including phenoxy) is 1. The highest BCUT2D eigenvalue weighted by molar-refractivity contribution is 5.94. The number of anilines is 1. The van der Waals surface area contributed by atoms with Gasteiger partial charge >= 0.3 is 0 Å². The summed E-state index contributed by atoms with van der Waals surface area (Å²) < 4.78 is 7.17. The number of imidazole rings is 1. The zero-order valence-electron chi connectivity index (χ0n) is 13.3. The maximum atomic E-state index is 11.9. The van der Waals surface area contributed by atoms with E-state index in [4.69, 9.17) is 10.5 Å². The number of carbonyl (C=O) groups is 1. The number of benzene rings is 1. The molecule has 122 valence electrons. The number of aryl methyl sites for hydroxylation is 1. The van der Waals surface area contributed by atoms with Crippen LogP contribution >= 0.6 is 0 Å². The molecule has 0 spiro atoms. The maximum Gasteiger partial charge on any atom is 0.243 e. The van der Waals surface area contributed by atoms with Crippen molar-refractivity contribution in [3.05, 3.63) is 36.2 Å². The third-order valence-corrected chi connectivity index (χ3v) is 4.10. The third-order valence-electron chi connectivity index (χ3n) is 4.10. The van der Waals surface area contributed by atoms with Crippen molar-refractivity contribution >= 4 is 11.6 Å². The summed E-state index contributed by atoms with van der Waals surface area (Å²) in [4.78, 5) is 16.4. The average molecular weight is 314 g/mol. The quantitative estimate of drug-likeness (QED) is 0.881. The van der Waals surface area contributed by atoms with Gasteiger partial charge in [-0.1, -0.05) is 0 Å². The Labute approximate surface area is 135 Å². The lowest BCUT2D eigenvalue weighted by Crippen LogP contribution is -2.39. The first kappa shape index (κ1) is 15.7. The minimum atomic E-state index is -0.668. The molecule has 2 heterocycles. The van der Waals surface area contributed by atoms with Crippen LogP contribution in [0.3, 0.4) is 0 Å². The number of hydrogen-bond acceptors (Lipinski definition) is 4. The van der Waals surface area contributed by atoms with Crippen molar-refractivity contribution in [2.24, 2.45) is 5.73 Å². The molecule has 1 unspecified atom stereocenters. The Bertz CT molecular complexity index is 678. The van der Waals surface area contributed by atoms with Gasteiger partial charge in [-0.25, -0.2) is 4.98 Å². The Morgan fingerprint density at radius 1 is 1.39 bits per heavy atom. The lowest BCUT2D eigenvalue weighted by atomic mass is 10.1. The molecule has 1 aliphatic rings. The van der Waals surface area contributed by atoms with Crippen molar-refractivity contribution in [2.45, 2.75) is 31.8 Å². The van der Waals surface area contributed by atoms with Crippen LogP contribution in [0.1, 0.15) is 18.5 Å². The molecule has 1 amide bonds. The summed E-state index contributed by atoms with van der Waals surface area (Å²) in [5, 5.41) is 2.79. The average Bonchev–Trinajstić information content (AvgIpc) is 3.00. The van der Waals surface area contributed by atoms with Gasteiger partial charge in [0.15, 0.2) is 0 Å². The molecule has 1 atom stereocenters. The van der Waals surface area contributed by atoms with Crippen LogP contribution in [0.15, 0.2) is 30.5 Å². The van der Waals surface area contributed by atoms with Gasteiger partial charge in [0, 0.05) is 36.8 Å². The molecule has 0 radical (unpaired) electrons. The summed E-state index contributed by atoms with van der Waals surface area (Å²) in [7, 11) is 1.52. The highest BCUT2D eigenvalue weighted by Crippen LogP contribution is 2.25. The summed E-state index contributed by atoms with van der Waals surface area (Å²) in [6, 6.07) is 7.02. The molecule has 2 aromatic rings. The van der Waals surface area contributed by atoms with E-state index in [0.29, 0.717) is 0 Å². The zero-order valence-corrected chi connectivity index (χ0v) is 13.3.